The summed E-state index contributed by atoms with van der Waals surface area (Å²) in [6.45, 7) is 2.98. The highest BCUT2D eigenvalue weighted by Gasteiger charge is 2.20. The maximum atomic E-state index is 13.2. The topological polar surface area (TPSA) is 98.0 Å². The lowest BCUT2D eigenvalue weighted by molar-refractivity contribution is 0.0743. The van der Waals surface area contributed by atoms with Gasteiger partial charge in [-0.2, -0.15) is 5.10 Å². The van der Waals surface area contributed by atoms with E-state index in [-0.39, 0.29) is 17.5 Å². The first kappa shape index (κ1) is 23.5. The first-order chi connectivity index (χ1) is 16.4. The van der Waals surface area contributed by atoms with Gasteiger partial charge in [0.2, 0.25) is 0 Å². The van der Waals surface area contributed by atoms with Crippen molar-refractivity contribution in [1.82, 2.24) is 29.2 Å². The Morgan fingerprint density at radius 1 is 1.24 bits per heavy atom. The van der Waals surface area contributed by atoms with Gasteiger partial charge in [-0.15, -0.1) is 0 Å². The van der Waals surface area contributed by atoms with Crippen LogP contribution in [0.5, 0.6) is 0 Å². The Kier molecular flexibility index (Phi) is 6.99. The Hall–Kier alpha value is -3.63. The van der Waals surface area contributed by atoms with Crippen LogP contribution in [-0.4, -0.2) is 55.9 Å². The van der Waals surface area contributed by atoms with Gasteiger partial charge >= 0.3 is 0 Å². The van der Waals surface area contributed by atoms with E-state index < -0.39 is 0 Å². The zero-order valence-corrected chi connectivity index (χ0v) is 20.1. The second kappa shape index (κ2) is 10.1. The summed E-state index contributed by atoms with van der Waals surface area (Å²) in [4.78, 5) is 34.9. The predicted octanol–water partition coefficient (Wildman–Crippen LogP) is 3.51. The van der Waals surface area contributed by atoms with Crippen LogP contribution in [0.2, 0.25) is 0 Å². The monoisotopic (exact) mass is 478 g/mol. The molecule has 2 aromatic heterocycles. The van der Waals surface area contributed by atoms with E-state index in [9.17, 15) is 9.59 Å². The van der Waals surface area contributed by atoms with Gasteiger partial charge in [-0.25, -0.2) is 9.67 Å². The number of benzene rings is 2. The number of ether oxygens (including phenoxy) is 1. The van der Waals surface area contributed by atoms with Crippen LogP contribution in [0, 0.1) is 4.77 Å². The first-order valence-electron chi connectivity index (χ1n) is 10.9. The number of carbonyl (C=O) groups excluding carboxylic acids is 1. The molecule has 0 spiro atoms. The number of aromatic nitrogens is 5. The van der Waals surface area contributed by atoms with Crippen molar-refractivity contribution in [2.24, 2.45) is 0 Å². The van der Waals surface area contributed by atoms with Crippen molar-refractivity contribution in [3.8, 4) is 5.69 Å². The minimum atomic E-state index is -0.178. The average molecular weight is 479 g/mol. The van der Waals surface area contributed by atoms with Crippen molar-refractivity contribution in [2.45, 2.75) is 25.9 Å². The molecule has 176 valence electrons. The molecule has 10 heteroatoms. The molecule has 2 heterocycles. The Morgan fingerprint density at radius 3 is 2.68 bits per heavy atom. The number of rotatable bonds is 8. The molecular weight excluding hydrogens is 452 g/mol. The van der Waals surface area contributed by atoms with Crippen LogP contribution in [0.25, 0.3) is 16.6 Å². The van der Waals surface area contributed by atoms with E-state index in [1.807, 2.05) is 31.2 Å². The van der Waals surface area contributed by atoms with Gasteiger partial charge in [0.05, 0.1) is 22.6 Å². The highest BCUT2D eigenvalue weighted by molar-refractivity contribution is 7.71. The van der Waals surface area contributed by atoms with Crippen LogP contribution in [0.1, 0.15) is 35.3 Å². The highest BCUT2D eigenvalue weighted by Crippen LogP contribution is 2.23. The van der Waals surface area contributed by atoms with Gasteiger partial charge in [-0.1, -0.05) is 12.1 Å². The summed E-state index contributed by atoms with van der Waals surface area (Å²) in [6.07, 6.45) is 3.79. The Balaban J connectivity index is 1.56. The molecule has 0 radical (unpaired) electrons. The molecule has 0 aliphatic heterocycles. The quantitative estimate of drug-likeness (QED) is 0.307. The van der Waals surface area contributed by atoms with E-state index in [0.29, 0.717) is 40.8 Å². The van der Waals surface area contributed by atoms with Gasteiger partial charge in [0, 0.05) is 32.9 Å². The maximum absolute atomic E-state index is 13.2. The van der Waals surface area contributed by atoms with E-state index in [1.54, 1.807) is 48.3 Å². The minimum Gasteiger partial charge on any atom is -0.385 e. The standard InChI is InChI=1S/C24H26N6O3S/c1-16(17-5-8-19(9-6-17)30-15-25-14-26-30)28(2)22(31)18-7-10-20-21(13-18)27-24(34)29(23(20)32)11-4-12-33-3/h5-10,13-16H,4,11-12H2,1-3H3,(H,27,34). The number of H-pyrrole nitrogens is 1. The van der Waals surface area contributed by atoms with Crippen molar-refractivity contribution in [3.63, 3.8) is 0 Å². The number of carbonyl (C=O) groups is 1. The number of methoxy groups -OCH3 is 1. The molecule has 34 heavy (non-hydrogen) atoms. The summed E-state index contributed by atoms with van der Waals surface area (Å²) >= 11 is 5.38. The Morgan fingerprint density at radius 2 is 2.00 bits per heavy atom. The molecule has 1 atom stereocenters. The molecule has 2 aromatic carbocycles. The fourth-order valence-corrected chi connectivity index (χ4v) is 4.09. The zero-order valence-electron chi connectivity index (χ0n) is 19.3. The van der Waals surface area contributed by atoms with Crippen LogP contribution in [0.15, 0.2) is 59.9 Å². The third-order valence-corrected chi connectivity index (χ3v) is 6.24. The average Bonchev–Trinajstić information content (AvgIpc) is 3.39. The third-order valence-electron chi connectivity index (χ3n) is 5.92. The van der Waals surface area contributed by atoms with E-state index in [4.69, 9.17) is 17.0 Å². The van der Waals surface area contributed by atoms with Crippen molar-refractivity contribution < 1.29 is 9.53 Å². The zero-order chi connectivity index (χ0) is 24.2. The molecule has 0 aliphatic rings. The Bertz CT molecular complexity index is 1410. The second-order valence-corrected chi connectivity index (χ2v) is 8.40. The van der Waals surface area contributed by atoms with Crippen LogP contribution in [-0.2, 0) is 11.3 Å². The van der Waals surface area contributed by atoms with Crippen molar-refractivity contribution in [1.29, 1.82) is 0 Å². The van der Waals surface area contributed by atoms with E-state index in [0.717, 1.165) is 11.3 Å². The SMILES string of the molecule is COCCCn1c(=S)[nH]c2cc(C(=O)N(C)C(C)c3ccc(-n4cncn4)cc3)ccc2c1=O. The highest BCUT2D eigenvalue weighted by atomic mass is 32.1. The number of hydrogen-bond acceptors (Lipinski definition) is 6. The molecule has 0 bridgehead atoms. The van der Waals surface area contributed by atoms with Crippen molar-refractivity contribution in [3.05, 3.63) is 81.4 Å². The van der Waals surface area contributed by atoms with Gasteiger partial charge in [-0.3, -0.25) is 14.2 Å². The lowest BCUT2D eigenvalue weighted by atomic mass is 10.1. The number of nitrogens with one attached hydrogen (secondary N) is 1. The molecule has 1 amide bonds. The molecule has 1 unspecified atom stereocenters. The van der Waals surface area contributed by atoms with Crippen LogP contribution >= 0.6 is 12.2 Å². The largest absolute Gasteiger partial charge is 0.385 e. The summed E-state index contributed by atoms with van der Waals surface area (Å²) in [5, 5.41) is 4.61. The summed E-state index contributed by atoms with van der Waals surface area (Å²) in [5.41, 5.74) is 2.72. The van der Waals surface area contributed by atoms with Gasteiger partial charge in [0.1, 0.15) is 12.7 Å². The van der Waals surface area contributed by atoms with Crippen LogP contribution in [0.4, 0.5) is 0 Å². The summed E-state index contributed by atoms with van der Waals surface area (Å²) in [7, 11) is 3.38. The summed E-state index contributed by atoms with van der Waals surface area (Å²) in [5.74, 6) is -0.154. The smallest absolute Gasteiger partial charge is 0.262 e. The van der Waals surface area contributed by atoms with Gasteiger partial charge in [-0.05, 0) is 61.5 Å². The Labute approximate surface area is 201 Å². The second-order valence-electron chi connectivity index (χ2n) is 8.02. The number of fused-ring (bicyclic) bond motifs is 1. The number of aromatic amines is 1. The molecule has 4 rings (SSSR count). The maximum Gasteiger partial charge on any atom is 0.262 e. The summed E-state index contributed by atoms with van der Waals surface area (Å²) < 4.78 is 8.58. The van der Waals surface area contributed by atoms with E-state index in [2.05, 4.69) is 15.1 Å². The molecule has 4 aromatic rings. The van der Waals surface area contributed by atoms with Gasteiger partial charge < -0.3 is 14.6 Å². The van der Waals surface area contributed by atoms with E-state index in [1.165, 1.54) is 10.9 Å². The van der Waals surface area contributed by atoms with Gasteiger partial charge in [0.15, 0.2) is 4.77 Å². The number of amides is 1. The fourth-order valence-electron chi connectivity index (χ4n) is 3.81. The predicted molar refractivity (Wildman–Crippen MR) is 132 cm³/mol. The molecule has 1 N–H and O–H groups in total. The lowest BCUT2D eigenvalue weighted by Gasteiger charge is -2.25. The van der Waals surface area contributed by atoms with Gasteiger partial charge in [0.25, 0.3) is 11.5 Å². The molecule has 0 fully saturated rings. The van der Waals surface area contributed by atoms with Crippen LogP contribution < -0.4 is 5.56 Å². The van der Waals surface area contributed by atoms with Crippen molar-refractivity contribution in [2.75, 3.05) is 20.8 Å². The fraction of sp³-hybridized carbons (Fsp3) is 0.292. The van der Waals surface area contributed by atoms with E-state index >= 15 is 0 Å². The number of hydrogen-bond donors (Lipinski definition) is 1. The number of nitrogens with zero attached hydrogens (tertiary/aromatic N) is 5. The van der Waals surface area contributed by atoms with Crippen LogP contribution in [0.3, 0.4) is 0 Å². The molecule has 9 nitrogen and oxygen atoms in total. The minimum absolute atomic E-state index is 0.154. The molecule has 0 aliphatic carbocycles. The molecule has 0 saturated heterocycles. The third kappa shape index (κ3) is 4.68. The van der Waals surface area contributed by atoms with Crippen molar-refractivity contribution >= 4 is 29.0 Å². The molecular formula is C24H26N6O3S. The summed E-state index contributed by atoms with van der Waals surface area (Å²) in [6, 6.07) is 12.7. The normalized spacial score (nSPS) is 12.1. The first-order valence-corrected chi connectivity index (χ1v) is 11.3. The lowest BCUT2D eigenvalue weighted by Crippen LogP contribution is -2.30. The molecule has 0 saturated carbocycles.